The van der Waals surface area contributed by atoms with Gasteiger partial charge in [0.05, 0.1) is 5.69 Å². The number of pyridine rings is 1. The Hall–Kier alpha value is -2.05. The highest BCUT2D eigenvalue weighted by Crippen LogP contribution is 2.26. The number of aromatic carboxylic acids is 1. The number of nitrogens with zero attached hydrogens (tertiary/aromatic N) is 3. The minimum Gasteiger partial charge on any atom is -0.478 e. The van der Waals surface area contributed by atoms with Crippen LogP contribution in [0, 0.1) is 0 Å². The van der Waals surface area contributed by atoms with E-state index in [9.17, 15) is 9.90 Å². The molecule has 128 valence electrons. The third-order valence-corrected chi connectivity index (χ3v) is 4.48. The monoisotopic (exact) mass is 345 g/mol. The Morgan fingerprint density at radius 3 is 2.29 bits per heavy atom. The lowest BCUT2D eigenvalue weighted by molar-refractivity contribution is 0.0697. The lowest BCUT2D eigenvalue weighted by atomic mass is 10.1. The first kappa shape index (κ1) is 18.3. The van der Waals surface area contributed by atoms with Crippen LogP contribution in [0.15, 0.2) is 41.3 Å². The van der Waals surface area contributed by atoms with Crippen molar-refractivity contribution >= 4 is 23.5 Å². The van der Waals surface area contributed by atoms with Crippen molar-refractivity contribution in [3.8, 4) is 11.3 Å². The Balaban J connectivity index is 2.37. The second kappa shape index (κ2) is 8.17. The SMILES string of the molecule is CSc1ccc(-c2ccc(C(=O)O)c(N(C)CCN(C)C)n2)cc1. The van der Waals surface area contributed by atoms with Gasteiger partial charge in [0.1, 0.15) is 11.4 Å². The Kier molecular flexibility index (Phi) is 6.23. The van der Waals surface area contributed by atoms with Gasteiger partial charge in [-0.15, -0.1) is 11.8 Å². The van der Waals surface area contributed by atoms with Crippen molar-refractivity contribution in [1.29, 1.82) is 0 Å². The fraction of sp³-hybridized carbons (Fsp3) is 0.333. The Bertz CT molecular complexity index is 702. The van der Waals surface area contributed by atoms with E-state index in [-0.39, 0.29) is 5.56 Å². The van der Waals surface area contributed by atoms with Crippen LogP contribution in [0.2, 0.25) is 0 Å². The quantitative estimate of drug-likeness (QED) is 0.778. The molecule has 24 heavy (non-hydrogen) atoms. The lowest BCUT2D eigenvalue weighted by Gasteiger charge is -2.22. The molecular formula is C18H23N3O2S. The number of carboxylic acids is 1. The van der Waals surface area contributed by atoms with Crippen LogP contribution in [0.4, 0.5) is 5.82 Å². The van der Waals surface area contributed by atoms with Gasteiger partial charge in [0.2, 0.25) is 0 Å². The topological polar surface area (TPSA) is 56.7 Å². The van der Waals surface area contributed by atoms with E-state index in [4.69, 9.17) is 0 Å². The molecule has 5 nitrogen and oxygen atoms in total. The van der Waals surface area contributed by atoms with Crippen LogP contribution in [-0.2, 0) is 0 Å². The number of rotatable bonds is 7. The van der Waals surface area contributed by atoms with Crippen molar-refractivity contribution in [3.05, 3.63) is 42.0 Å². The molecule has 0 amide bonds. The van der Waals surface area contributed by atoms with E-state index in [1.54, 1.807) is 23.9 Å². The first-order valence-electron chi connectivity index (χ1n) is 7.67. The van der Waals surface area contributed by atoms with Gasteiger partial charge in [-0.3, -0.25) is 0 Å². The Morgan fingerprint density at radius 2 is 1.75 bits per heavy atom. The van der Waals surface area contributed by atoms with E-state index in [1.807, 2.05) is 56.6 Å². The number of aromatic nitrogens is 1. The van der Waals surface area contributed by atoms with Crippen LogP contribution in [0.3, 0.4) is 0 Å². The van der Waals surface area contributed by atoms with Gasteiger partial charge in [0.25, 0.3) is 0 Å². The van der Waals surface area contributed by atoms with Gasteiger partial charge in [-0.1, -0.05) is 12.1 Å². The number of hydrogen-bond acceptors (Lipinski definition) is 5. The van der Waals surface area contributed by atoms with Crippen molar-refractivity contribution in [3.63, 3.8) is 0 Å². The molecule has 0 saturated heterocycles. The molecule has 1 N–H and O–H groups in total. The summed E-state index contributed by atoms with van der Waals surface area (Å²) in [5, 5.41) is 9.44. The van der Waals surface area contributed by atoms with Gasteiger partial charge < -0.3 is 14.9 Å². The van der Waals surface area contributed by atoms with Crippen molar-refractivity contribution < 1.29 is 9.90 Å². The predicted octanol–water partition coefficient (Wildman–Crippen LogP) is 3.17. The standard InChI is InChI=1S/C18H23N3O2S/c1-20(2)11-12-21(3)17-15(18(22)23)9-10-16(19-17)13-5-7-14(24-4)8-6-13/h5-10H,11-12H2,1-4H3,(H,22,23). The zero-order chi connectivity index (χ0) is 17.7. The minimum atomic E-state index is -0.960. The summed E-state index contributed by atoms with van der Waals surface area (Å²) >= 11 is 1.69. The number of hydrogen-bond donors (Lipinski definition) is 1. The lowest BCUT2D eigenvalue weighted by Crippen LogP contribution is -2.30. The van der Waals surface area contributed by atoms with E-state index in [2.05, 4.69) is 9.88 Å². The van der Waals surface area contributed by atoms with E-state index in [0.29, 0.717) is 12.4 Å². The predicted molar refractivity (Wildman–Crippen MR) is 100 cm³/mol. The molecule has 0 aliphatic heterocycles. The number of likely N-dealkylation sites (N-methyl/N-ethyl adjacent to an activating group) is 2. The molecule has 0 bridgehead atoms. The van der Waals surface area contributed by atoms with E-state index in [0.717, 1.165) is 17.8 Å². The maximum atomic E-state index is 11.5. The smallest absolute Gasteiger partial charge is 0.339 e. The van der Waals surface area contributed by atoms with Crippen LogP contribution in [0.1, 0.15) is 10.4 Å². The summed E-state index contributed by atoms with van der Waals surface area (Å²) < 4.78 is 0. The molecule has 0 atom stereocenters. The molecule has 0 radical (unpaired) electrons. The summed E-state index contributed by atoms with van der Waals surface area (Å²) in [6.45, 7) is 1.53. The number of benzene rings is 1. The maximum Gasteiger partial charge on any atom is 0.339 e. The third-order valence-electron chi connectivity index (χ3n) is 3.74. The third kappa shape index (κ3) is 4.49. The van der Waals surface area contributed by atoms with Crippen LogP contribution >= 0.6 is 11.8 Å². The first-order chi connectivity index (χ1) is 11.4. The molecule has 6 heteroatoms. The molecule has 0 spiro atoms. The van der Waals surface area contributed by atoms with Gasteiger partial charge in [0, 0.05) is 30.6 Å². The van der Waals surface area contributed by atoms with Crippen molar-refractivity contribution in [1.82, 2.24) is 9.88 Å². The molecule has 1 heterocycles. The summed E-state index contributed by atoms with van der Waals surface area (Å²) in [7, 11) is 5.85. The van der Waals surface area contributed by atoms with Crippen molar-refractivity contribution in [2.45, 2.75) is 4.90 Å². The number of thioether (sulfide) groups is 1. The largest absolute Gasteiger partial charge is 0.478 e. The average molecular weight is 345 g/mol. The van der Waals surface area contributed by atoms with Crippen molar-refractivity contribution in [2.24, 2.45) is 0 Å². The van der Waals surface area contributed by atoms with Gasteiger partial charge in [-0.2, -0.15) is 0 Å². The normalized spacial score (nSPS) is 10.9. The molecule has 0 aliphatic rings. The fourth-order valence-corrected chi connectivity index (χ4v) is 2.69. The summed E-state index contributed by atoms with van der Waals surface area (Å²) in [6.07, 6.45) is 2.03. The number of carbonyl (C=O) groups is 1. The highest BCUT2D eigenvalue weighted by atomic mass is 32.2. The van der Waals surface area contributed by atoms with E-state index < -0.39 is 5.97 Å². The second-order valence-electron chi connectivity index (χ2n) is 5.83. The zero-order valence-electron chi connectivity index (χ0n) is 14.5. The van der Waals surface area contributed by atoms with Gasteiger partial charge in [-0.05, 0) is 44.6 Å². The first-order valence-corrected chi connectivity index (χ1v) is 8.89. The molecule has 0 unspecified atom stereocenters. The van der Waals surface area contributed by atoms with Crippen LogP contribution in [-0.4, -0.2) is 61.4 Å². The van der Waals surface area contributed by atoms with E-state index in [1.165, 1.54) is 4.90 Å². The minimum absolute atomic E-state index is 0.223. The van der Waals surface area contributed by atoms with Crippen LogP contribution < -0.4 is 4.90 Å². The highest BCUT2D eigenvalue weighted by molar-refractivity contribution is 7.98. The fourth-order valence-electron chi connectivity index (χ4n) is 2.28. The van der Waals surface area contributed by atoms with Gasteiger partial charge in [0.15, 0.2) is 0 Å². The Labute approximate surface area is 147 Å². The summed E-state index contributed by atoms with van der Waals surface area (Å²) in [4.78, 5) is 21.3. The zero-order valence-corrected chi connectivity index (χ0v) is 15.3. The Morgan fingerprint density at radius 1 is 1.08 bits per heavy atom. The molecule has 0 aliphatic carbocycles. The van der Waals surface area contributed by atoms with E-state index >= 15 is 0 Å². The summed E-state index contributed by atoms with van der Waals surface area (Å²) in [6, 6.07) is 11.5. The molecule has 0 fully saturated rings. The molecule has 2 rings (SSSR count). The number of carboxylic acid groups (broad SMARTS) is 1. The molecule has 2 aromatic rings. The number of anilines is 1. The van der Waals surface area contributed by atoms with Crippen molar-refractivity contribution in [2.75, 3.05) is 45.4 Å². The summed E-state index contributed by atoms with van der Waals surface area (Å²) in [5.41, 5.74) is 1.98. The second-order valence-corrected chi connectivity index (χ2v) is 6.71. The molecule has 0 saturated carbocycles. The van der Waals surface area contributed by atoms with Crippen LogP contribution in [0.25, 0.3) is 11.3 Å². The highest BCUT2D eigenvalue weighted by Gasteiger charge is 2.16. The molecule has 1 aromatic heterocycles. The molecular weight excluding hydrogens is 322 g/mol. The molecule has 1 aromatic carbocycles. The summed E-state index contributed by atoms with van der Waals surface area (Å²) in [5.74, 6) is -0.464. The maximum absolute atomic E-state index is 11.5. The average Bonchev–Trinajstić information content (AvgIpc) is 2.59. The van der Waals surface area contributed by atoms with Gasteiger partial charge in [-0.25, -0.2) is 9.78 Å². The van der Waals surface area contributed by atoms with Crippen LogP contribution in [0.5, 0.6) is 0 Å². The van der Waals surface area contributed by atoms with Gasteiger partial charge >= 0.3 is 5.97 Å².